The molecule has 2 aromatic rings. The molecule has 0 radical (unpaired) electrons. The van der Waals surface area contributed by atoms with Crippen LogP contribution in [0.3, 0.4) is 0 Å². The summed E-state index contributed by atoms with van der Waals surface area (Å²) in [5.74, 6) is 0.885. The third-order valence-corrected chi connectivity index (χ3v) is 5.95. The van der Waals surface area contributed by atoms with Crippen LogP contribution < -0.4 is 0 Å². The van der Waals surface area contributed by atoms with Crippen molar-refractivity contribution in [1.29, 1.82) is 0 Å². The summed E-state index contributed by atoms with van der Waals surface area (Å²) in [5, 5.41) is 0. The van der Waals surface area contributed by atoms with Crippen LogP contribution in [0.5, 0.6) is 0 Å². The van der Waals surface area contributed by atoms with Gasteiger partial charge in [0.15, 0.2) is 0 Å². The maximum atomic E-state index is 13.1. The summed E-state index contributed by atoms with van der Waals surface area (Å²) in [7, 11) is 0. The lowest BCUT2D eigenvalue weighted by molar-refractivity contribution is -0.134. The van der Waals surface area contributed by atoms with E-state index in [4.69, 9.17) is 4.74 Å². The number of ether oxygens (including phenoxy) is 1. The van der Waals surface area contributed by atoms with E-state index in [-0.39, 0.29) is 17.9 Å². The Labute approximate surface area is 156 Å². The van der Waals surface area contributed by atoms with Crippen molar-refractivity contribution in [2.75, 3.05) is 19.8 Å². The predicted molar refractivity (Wildman–Crippen MR) is 103 cm³/mol. The molecule has 2 aliphatic heterocycles. The Balaban J connectivity index is 1.66. The molecule has 2 aromatic carbocycles. The molecule has 2 aliphatic rings. The third-order valence-electron chi connectivity index (χ3n) is 5.95. The van der Waals surface area contributed by atoms with Gasteiger partial charge in [0.2, 0.25) is 5.91 Å². The van der Waals surface area contributed by atoms with Crippen LogP contribution in [0.1, 0.15) is 42.4 Å². The van der Waals surface area contributed by atoms with Crippen molar-refractivity contribution in [3.05, 3.63) is 71.3 Å². The number of hydrogen-bond donors (Lipinski definition) is 0. The number of nitrogens with zero attached hydrogens (tertiary/aromatic N) is 1. The maximum absolute atomic E-state index is 13.1. The minimum absolute atomic E-state index is 0.149. The first-order valence-electron chi connectivity index (χ1n) is 9.74. The number of fused-ring (bicyclic) bond motifs is 1. The van der Waals surface area contributed by atoms with E-state index in [1.54, 1.807) is 0 Å². The van der Waals surface area contributed by atoms with Crippen molar-refractivity contribution in [3.8, 4) is 0 Å². The Kier molecular flexibility index (Phi) is 5.07. The number of amides is 1. The first kappa shape index (κ1) is 17.3. The van der Waals surface area contributed by atoms with Crippen molar-refractivity contribution in [2.45, 2.75) is 38.1 Å². The Morgan fingerprint density at radius 2 is 1.88 bits per heavy atom. The van der Waals surface area contributed by atoms with Crippen LogP contribution in [0.15, 0.2) is 54.6 Å². The highest BCUT2D eigenvalue weighted by Gasteiger charge is 2.34. The molecular formula is C23H27NO2. The number of rotatable bonds is 3. The van der Waals surface area contributed by atoms with Gasteiger partial charge in [-0.25, -0.2) is 0 Å². The van der Waals surface area contributed by atoms with Crippen molar-refractivity contribution in [3.63, 3.8) is 0 Å². The van der Waals surface area contributed by atoms with E-state index in [0.29, 0.717) is 12.3 Å². The highest BCUT2D eigenvalue weighted by molar-refractivity contribution is 5.77. The highest BCUT2D eigenvalue weighted by atomic mass is 16.5. The van der Waals surface area contributed by atoms with E-state index >= 15 is 0 Å². The average Bonchev–Trinajstić information content (AvgIpc) is 3.12. The largest absolute Gasteiger partial charge is 0.381 e. The topological polar surface area (TPSA) is 29.5 Å². The molecule has 26 heavy (non-hydrogen) atoms. The molecule has 4 rings (SSSR count). The minimum Gasteiger partial charge on any atom is -0.381 e. The summed E-state index contributed by atoms with van der Waals surface area (Å²) >= 11 is 0. The van der Waals surface area contributed by atoms with Crippen LogP contribution in [0.2, 0.25) is 0 Å². The fourth-order valence-electron chi connectivity index (χ4n) is 4.53. The van der Waals surface area contributed by atoms with Crippen molar-refractivity contribution in [2.24, 2.45) is 5.92 Å². The van der Waals surface area contributed by atoms with Gasteiger partial charge in [-0.15, -0.1) is 0 Å². The Bertz CT molecular complexity index is 752. The monoisotopic (exact) mass is 349 g/mol. The van der Waals surface area contributed by atoms with Crippen LogP contribution in [-0.2, 0) is 16.0 Å². The SMILES string of the molecule is C[C@@H]1[C@@H](c2ccccc2)c2ccccc2CCN1C(=O)C[C@H]1CCOC1. The van der Waals surface area contributed by atoms with Gasteiger partial charge < -0.3 is 9.64 Å². The van der Waals surface area contributed by atoms with Gasteiger partial charge in [0.1, 0.15) is 0 Å². The van der Waals surface area contributed by atoms with E-state index in [2.05, 4.69) is 66.4 Å². The molecule has 3 heteroatoms. The van der Waals surface area contributed by atoms with Gasteiger partial charge in [-0.1, -0.05) is 54.6 Å². The summed E-state index contributed by atoms with van der Waals surface area (Å²) in [6.45, 7) is 4.54. The molecule has 0 N–H and O–H groups in total. The van der Waals surface area contributed by atoms with Crippen LogP contribution in [0.25, 0.3) is 0 Å². The summed E-state index contributed by atoms with van der Waals surface area (Å²) in [4.78, 5) is 15.2. The van der Waals surface area contributed by atoms with Gasteiger partial charge in [0.05, 0.1) is 0 Å². The molecule has 0 unspecified atom stereocenters. The molecule has 3 nitrogen and oxygen atoms in total. The van der Waals surface area contributed by atoms with Gasteiger partial charge >= 0.3 is 0 Å². The molecule has 1 fully saturated rings. The van der Waals surface area contributed by atoms with Crippen molar-refractivity contribution >= 4 is 5.91 Å². The lowest BCUT2D eigenvalue weighted by Gasteiger charge is -2.34. The molecule has 136 valence electrons. The average molecular weight is 349 g/mol. The number of carbonyl (C=O) groups is 1. The summed E-state index contributed by atoms with van der Waals surface area (Å²) in [6, 6.07) is 19.5. The molecule has 0 aliphatic carbocycles. The standard InChI is InChI=1S/C23H27NO2/c1-17-23(20-8-3-2-4-9-20)21-10-6-5-7-19(21)11-13-24(17)22(25)15-18-12-14-26-16-18/h2-10,17-18,23H,11-16H2,1H3/t17-,18-,23+/m1/s1. The molecule has 0 aromatic heterocycles. The highest BCUT2D eigenvalue weighted by Crippen LogP contribution is 2.36. The van der Waals surface area contributed by atoms with Gasteiger partial charge in [-0.3, -0.25) is 4.79 Å². The van der Waals surface area contributed by atoms with Crippen LogP contribution in [0, 0.1) is 5.92 Å². The second kappa shape index (κ2) is 7.63. The quantitative estimate of drug-likeness (QED) is 0.838. The second-order valence-electron chi connectivity index (χ2n) is 7.60. The number of hydrogen-bond acceptors (Lipinski definition) is 2. The molecule has 0 saturated carbocycles. The third kappa shape index (κ3) is 3.41. The summed E-state index contributed by atoms with van der Waals surface area (Å²) in [6.07, 6.45) is 2.55. The maximum Gasteiger partial charge on any atom is 0.223 e. The zero-order valence-corrected chi connectivity index (χ0v) is 15.4. The first-order valence-corrected chi connectivity index (χ1v) is 9.74. The van der Waals surface area contributed by atoms with E-state index in [9.17, 15) is 4.79 Å². The second-order valence-corrected chi connectivity index (χ2v) is 7.60. The normalized spacial score (nSPS) is 25.6. The molecule has 0 spiro atoms. The minimum atomic E-state index is 0.149. The lowest BCUT2D eigenvalue weighted by Crippen LogP contribution is -2.42. The summed E-state index contributed by atoms with van der Waals surface area (Å²) in [5.41, 5.74) is 4.02. The number of carbonyl (C=O) groups excluding carboxylic acids is 1. The molecule has 1 amide bonds. The predicted octanol–water partition coefficient (Wildman–Crippen LogP) is 4.02. The van der Waals surface area contributed by atoms with Crippen molar-refractivity contribution in [1.82, 2.24) is 4.90 Å². The van der Waals surface area contributed by atoms with Crippen molar-refractivity contribution < 1.29 is 9.53 Å². The molecule has 1 saturated heterocycles. The van der Waals surface area contributed by atoms with Gasteiger partial charge in [-0.05, 0) is 42.4 Å². The van der Waals surface area contributed by atoms with E-state index < -0.39 is 0 Å². The van der Waals surface area contributed by atoms with E-state index in [1.807, 2.05) is 0 Å². The van der Waals surface area contributed by atoms with Crippen LogP contribution >= 0.6 is 0 Å². The molecule has 0 bridgehead atoms. The summed E-state index contributed by atoms with van der Waals surface area (Å²) < 4.78 is 5.47. The smallest absolute Gasteiger partial charge is 0.223 e. The number of benzene rings is 2. The molecule has 3 atom stereocenters. The van der Waals surface area contributed by atoms with Crippen LogP contribution in [-0.4, -0.2) is 36.6 Å². The molecular weight excluding hydrogens is 322 g/mol. The zero-order chi connectivity index (χ0) is 17.9. The van der Waals surface area contributed by atoms with Gasteiger partial charge in [-0.2, -0.15) is 0 Å². The fourth-order valence-corrected chi connectivity index (χ4v) is 4.53. The van der Waals surface area contributed by atoms with Crippen LogP contribution in [0.4, 0.5) is 0 Å². The van der Waals surface area contributed by atoms with Gasteiger partial charge in [0, 0.05) is 38.1 Å². The molecule has 2 heterocycles. The Hall–Kier alpha value is -2.13. The fraction of sp³-hybridized carbons (Fsp3) is 0.435. The van der Waals surface area contributed by atoms with E-state index in [0.717, 1.165) is 32.6 Å². The Morgan fingerprint density at radius 1 is 1.12 bits per heavy atom. The zero-order valence-electron chi connectivity index (χ0n) is 15.4. The lowest BCUT2D eigenvalue weighted by atomic mass is 9.83. The first-order chi connectivity index (χ1) is 12.7. The van der Waals surface area contributed by atoms with E-state index in [1.165, 1.54) is 16.7 Å². The Morgan fingerprint density at radius 3 is 2.65 bits per heavy atom. The van der Waals surface area contributed by atoms with Gasteiger partial charge in [0.25, 0.3) is 0 Å².